The second kappa shape index (κ2) is 6.45. The van der Waals surface area contributed by atoms with Crippen LogP contribution in [0.15, 0.2) is 29.1 Å². The number of H-pyrrole nitrogens is 2. The summed E-state index contributed by atoms with van der Waals surface area (Å²) in [6.07, 6.45) is 1.91. The summed E-state index contributed by atoms with van der Waals surface area (Å²) in [6.45, 7) is 2.01. The molecule has 110 valence electrons. The lowest BCUT2D eigenvalue weighted by Crippen LogP contribution is -2.18. The molecule has 1 aromatic carbocycles. The molecule has 0 radical (unpaired) electrons. The molecular weight excluding hydrogens is 290 g/mol. The Hall–Kier alpha value is -2.28. The molecule has 2 aromatic rings. The molecule has 0 spiro atoms. The first-order valence-corrected chi connectivity index (χ1v) is 6.99. The number of benzene rings is 1. The summed E-state index contributed by atoms with van der Waals surface area (Å²) in [6, 6.07) is 6.30. The van der Waals surface area contributed by atoms with Crippen molar-refractivity contribution in [1.82, 2.24) is 9.97 Å². The number of non-ortho nitro benzene ring substituents is 1. The number of aryl methyl sites for hydroxylation is 1. The summed E-state index contributed by atoms with van der Waals surface area (Å²) >= 11 is 4.98. The molecule has 0 aliphatic heterocycles. The monoisotopic (exact) mass is 305 g/mol. The first kappa shape index (κ1) is 15.1. The smallest absolute Gasteiger partial charge is 0.269 e. The topological polar surface area (TPSA) is 91.8 Å². The second-order valence-corrected chi connectivity index (χ2v) is 5.13. The van der Waals surface area contributed by atoms with Gasteiger partial charge in [0, 0.05) is 29.8 Å². The van der Waals surface area contributed by atoms with E-state index in [2.05, 4.69) is 9.97 Å². The Morgan fingerprint density at radius 1 is 1.33 bits per heavy atom. The molecule has 0 aliphatic rings. The maximum atomic E-state index is 12.1. The van der Waals surface area contributed by atoms with Crippen LogP contribution >= 0.6 is 12.2 Å². The molecule has 6 nitrogen and oxygen atoms in total. The third kappa shape index (κ3) is 3.63. The Morgan fingerprint density at radius 2 is 2.10 bits per heavy atom. The summed E-state index contributed by atoms with van der Waals surface area (Å²) in [5.74, 6) is 0. The van der Waals surface area contributed by atoms with Crippen LogP contribution in [0.2, 0.25) is 0 Å². The third-order valence-electron chi connectivity index (χ3n) is 3.13. The molecule has 0 amide bonds. The van der Waals surface area contributed by atoms with Crippen LogP contribution in [0.25, 0.3) is 0 Å². The summed E-state index contributed by atoms with van der Waals surface area (Å²) in [5.41, 5.74) is 1.86. The Bertz CT molecular complexity index is 780. The lowest BCUT2D eigenvalue weighted by atomic mass is 10.0. The van der Waals surface area contributed by atoms with Crippen LogP contribution in [0, 0.1) is 14.9 Å². The van der Waals surface area contributed by atoms with Crippen LogP contribution < -0.4 is 5.56 Å². The average Bonchev–Trinajstić information content (AvgIpc) is 2.43. The number of rotatable bonds is 5. The van der Waals surface area contributed by atoms with Gasteiger partial charge in [-0.15, -0.1) is 0 Å². The molecule has 1 heterocycles. The lowest BCUT2D eigenvalue weighted by molar-refractivity contribution is -0.384. The SMILES string of the molecule is CCCc1[nH]c(=S)[nH]c(=O)c1Cc1cccc([N+](=O)[O-])c1. The molecule has 2 rings (SSSR count). The second-order valence-electron chi connectivity index (χ2n) is 4.72. The van der Waals surface area contributed by atoms with E-state index >= 15 is 0 Å². The van der Waals surface area contributed by atoms with Gasteiger partial charge < -0.3 is 4.98 Å². The predicted molar refractivity (Wildman–Crippen MR) is 82.1 cm³/mol. The van der Waals surface area contributed by atoms with Gasteiger partial charge in [-0.05, 0) is 24.2 Å². The van der Waals surface area contributed by atoms with E-state index < -0.39 is 4.92 Å². The maximum Gasteiger partial charge on any atom is 0.269 e. The van der Waals surface area contributed by atoms with Crippen LogP contribution in [0.3, 0.4) is 0 Å². The van der Waals surface area contributed by atoms with Crippen molar-refractivity contribution in [3.8, 4) is 0 Å². The van der Waals surface area contributed by atoms with E-state index in [9.17, 15) is 14.9 Å². The van der Waals surface area contributed by atoms with Gasteiger partial charge in [0.1, 0.15) is 0 Å². The largest absolute Gasteiger partial charge is 0.336 e. The Morgan fingerprint density at radius 3 is 2.76 bits per heavy atom. The Kier molecular flexibility index (Phi) is 4.64. The minimum absolute atomic E-state index is 0.0184. The van der Waals surface area contributed by atoms with Crippen molar-refractivity contribution in [2.45, 2.75) is 26.2 Å². The van der Waals surface area contributed by atoms with Crippen molar-refractivity contribution < 1.29 is 4.92 Å². The molecule has 1 aromatic heterocycles. The highest BCUT2D eigenvalue weighted by Crippen LogP contribution is 2.16. The van der Waals surface area contributed by atoms with E-state index in [4.69, 9.17) is 12.2 Å². The van der Waals surface area contributed by atoms with Gasteiger partial charge in [-0.25, -0.2) is 0 Å². The van der Waals surface area contributed by atoms with Crippen molar-refractivity contribution in [3.05, 3.63) is 66.3 Å². The van der Waals surface area contributed by atoms with Crippen molar-refractivity contribution in [1.29, 1.82) is 0 Å². The number of hydrogen-bond acceptors (Lipinski definition) is 4. The summed E-state index contributed by atoms with van der Waals surface area (Å²) in [4.78, 5) is 28.0. The van der Waals surface area contributed by atoms with Crippen LogP contribution in [-0.2, 0) is 12.8 Å². The number of aromatic amines is 2. The summed E-state index contributed by atoms with van der Waals surface area (Å²) < 4.78 is 0.297. The standard InChI is InChI=1S/C14H15N3O3S/c1-2-4-12-11(13(18)16-14(21)15-12)8-9-5-3-6-10(7-9)17(19)20/h3,5-7H,2,4,8H2,1H3,(H2,15,16,18,21). The zero-order valence-corrected chi connectivity index (χ0v) is 12.3. The number of nitro groups is 1. The zero-order chi connectivity index (χ0) is 15.4. The molecule has 0 fully saturated rings. The van der Waals surface area contributed by atoms with Gasteiger partial charge in [-0.3, -0.25) is 19.9 Å². The maximum absolute atomic E-state index is 12.1. The van der Waals surface area contributed by atoms with E-state index in [1.54, 1.807) is 12.1 Å². The molecule has 0 bridgehead atoms. The quantitative estimate of drug-likeness (QED) is 0.505. The molecule has 0 unspecified atom stereocenters. The highest BCUT2D eigenvalue weighted by atomic mass is 32.1. The Balaban J connectivity index is 2.43. The average molecular weight is 305 g/mol. The van der Waals surface area contributed by atoms with Crippen LogP contribution in [0.1, 0.15) is 30.2 Å². The highest BCUT2D eigenvalue weighted by molar-refractivity contribution is 7.71. The first-order valence-electron chi connectivity index (χ1n) is 6.59. The van der Waals surface area contributed by atoms with Crippen LogP contribution in [0.5, 0.6) is 0 Å². The molecule has 0 aliphatic carbocycles. The van der Waals surface area contributed by atoms with Gasteiger partial charge in [0.05, 0.1) is 4.92 Å². The van der Waals surface area contributed by atoms with Crippen molar-refractivity contribution in [2.75, 3.05) is 0 Å². The minimum Gasteiger partial charge on any atom is -0.336 e. The highest BCUT2D eigenvalue weighted by Gasteiger charge is 2.11. The molecule has 21 heavy (non-hydrogen) atoms. The number of nitrogens with zero attached hydrogens (tertiary/aromatic N) is 1. The fourth-order valence-corrected chi connectivity index (χ4v) is 2.41. The van der Waals surface area contributed by atoms with Crippen molar-refractivity contribution in [3.63, 3.8) is 0 Å². The van der Waals surface area contributed by atoms with Gasteiger partial charge in [0.25, 0.3) is 11.2 Å². The summed E-state index contributed by atoms with van der Waals surface area (Å²) in [7, 11) is 0. The summed E-state index contributed by atoms with van der Waals surface area (Å²) in [5, 5.41) is 10.8. The van der Waals surface area contributed by atoms with E-state index in [-0.39, 0.29) is 11.2 Å². The zero-order valence-electron chi connectivity index (χ0n) is 11.5. The van der Waals surface area contributed by atoms with Gasteiger partial charge in [-0.2, -0.15) is 0 Å². The minimum atomic E-state index is -0.445. The van der Waals surface area contributed by atoms with Gasteiger partial charge in [0.15, 0.2) is 4.77 Å². The number of nitrogens with one attached hydrogen (secondary N) is 2. The fraction of sp³-hybridized carbons (Fsp3) is 0.286. The van der Waals surface area contributed by atoms with E-state index in [0.717, 1.165) is 17.7 Å². The van der Waals surface area contributed by atoms with Crippen LogP contribution in [-0.4, -0.2) is 14.9 Å². The van der Waals surface area contributed by atoms with E-state index in [1.165, 1.54) is 12.1 Å². The molecule has 0 atom stereocenters. The third-order valence-corrected chi connectivity index (χ3v) is 3.34. The lowest BCUT2D eigenvalue weighted by Gasteiger charge is -2.08. The fourth-order valence-electron chi connectivity index (χ4n) is 2.19. The number of nitro benzene ring substituents is 1. The van der Waals surface area contributed by atoms with E-state index in [1.807, 2.05) is 6.92 Å². The first-order chi connectivity index (χ1) is 10.0. The predicted octanol–water partition coefficient (Wildman–Crippen LogP) is 2.88. The number of aromatic nitrogens is 2. The molecular formula is C14H15N3O3S. The van der Waals surface area contributed by atoms with Gasteiger partial charge >= 0.3 is 0 Å². The molecule has 2 N–H and O–H groups in total. The number of hydrogen-bond donors (Lipinski definition) is 2. The van der Waals surface area contributed by atoms with Crippen molar-refractivity contribution in [2.24, 2.45) is 0 Å². The van der Waals surface area contributed by atoms with Crippen molar-refractivity contribution >= 4 is 17.9 Å². The molecule has 0 saturated carbocycles. The molecule has 0 saturated heterocycles. The Labute approximate surface area is 126 Å². The van der Waals surface area contributed by atoms with Gasteiger partial charge in [0.2, 0.25) is 0 Å². The van der Waals surface area contributed by atoms with Gasteiger partial charge in [-0.1, -0.05) is 25.5 Å². The van der Waals surface area contributed by atoms with E-state index in [0.29, 0.717) is 23.2 Å². The molecule has 7 heteroatoms. The normalized spacial score (nSPS) is 10.5. The van der Waals surface area contributed by atoms with Crippen LogP contribution in [0.4, 0.5) is 5.69 Å².